The van der Waals surface area contributed by atoms with Crippen molar-refractivity contribution in [2.24, 2.45) is 0 Å². The van der Waals surface area contributed by atoms with Gasteiger partial charge in [0, 0.05) is 30.6 Å². The number of nitrogens with one attached hydrogen (secondary N) is 2. The van der Waals surface area contributed by atoms with Crippen LogP contribution in [0.1, 0.15) is 35.2 Å². The lowest BCUT2D eigenvalue weighted by Crippen LogP contribution is -2.46. The standard InChI is InChI=1S/C28H30N4O4.ClH/c1-18-6-4-5-7-23(18)20-10-13-28(14-11-20,26-30-19(2)36-32-26)27(33)31-21-8-9-24(34-3)25(16-21)35-17-22-12-15-29-22;/h4-11,13-14,16,20,22,29H,12,15,17H2,1-3H3,(H,31,33);1H. The minimum Gasteiger partial charge on any atom is -0.493 e. The molecule has 0 bridgehead atoms. The number of allylic oxidation sites excluding steroid dienone is 2. The van der Waals surface area contributed by atoms with Crippen LogP contribution in [0.3, 0.4) is 0 Å². The molecule has 9 heteroatoms. The number of halogens is 1. The van der Waals surface area contributed by atoms with Crippen molar-refractivity contribution >= 4 is 24.0 Å². The number of nitrogens with zero attached hydrogens (tertiary/aromatic N) is 2. The second-order valence-electron chi connectivity index (χ2n) is 9.18. The molecule has 1 aromatic heterocycles. The molecule has 3 aromatic rings. The summed E-state index contributed by atoms with van der Waals surface area (Å²) < 4.78 is 16.7. The summed E-state index contributed by atoms with van der Waals surface area (Å²) in [5, 5.41) is 10.4. The van der Waals surface area contributed by atoms with Gasteiger partial charge in [0.15, 0.2) is 17.3 Å². The summed E-state index contributed by atoms with van der Waals surface area (Å²) in [6.45, 7) is 5.33. The number of methoxy groups -OCH3 is 1. The van der Waals surface area contributed by atoms with Gasteiger partial charge in [0.2, 0.25) is 11.8 Å². The van der Waals surface area contributed by atoms with Gasteiger partial charge in [-0.2, -0.15) is 4.98 Å². The number of aryl methyl sites for hydroxylation is 2. The van der Waals surface area contributed by atoms with Crippen LogP contribution in [0.4, 0.5) is 5.69 Å². The Bertz CT molecular complexity index is 1300. The molecule has 37 heavy (non-hydrogen) atoms. The van der Waals surface area contributed by atoms with Crippen molar-refractivity contribution in [2.45, 2.75) is 37.6 Å². The van der Waals surface area contributed by atoms with Crippen LogP contribution in [-0.2, 0) is 10.2 Å². The Morgan fingerprint density at radius 3 is 2.54 bits per heavy atom. The number of anilines is 1. The van der Waals surface area contributed by atoms with Gasteiger partial charge in [0.1, 0.15) is 12.0 Å². The Morgan fingerprint density at radius 1 is 1.16 bits per heavy atom. The largest absolute Gasteiger partial charge is 0.493 e. The number of benzene rings is 2. The average Bonchev–Trinajstić information content (AvgIpc) is 3.30. The third kappa shape index (κ3) is 5.40. The number of carbonyl (C=O) groups excluding carboxylic acids is 1. The highest BCUT2D eigenvalue weighted by molar-refractivity contribution is 6.02. The van der Waals surface area contributed by atoms with E-state index in [4.69, 9.17) is 14.0 Å². The first kappa shape index (κ1) is 26.4. The first-order valence-corrected chi connectivity index (χ1v) is 12.1. The number of rotatable bonds is 8. The fourth-order valence-corrected chi connectivity index (χ4v) is 4.45. The van der Waals surface area contributed by atoms with E-state index in [1.165, 1.54) is 11.1 Å². The molecular formula is C28H31ClN4O4. The Labute approximate surface area is 222 Å². The van der Waals surface area contributed by atoms with E-state index in [1.807, 2.05) is 36.4 Å². The van der Waals surface area contributed by atoms with Gasteiger partial charge in [-0.1, -0.05) is 53.7 Å². The van der Waals surface area contributed by atoms with Crippen LogP contribution in [0.15, 0.2) is 71.3 Å². The fourth-order valence-electron chi connectivity index (χ4n) is 4.45. The molecule has 2 heterocycles. The van der Waals surface area contributed by atoms with Crippen LogP contribution < -0.4 is 20.1 Å². The van der Waals surface area contributed by atoms with Crippen LogP contribution in [0.2, 0.25) is 0 Å². The van der Waals surface area contributed by atoms with Gasteiger partial charge in [-0.25, -0.2) is 0 Å². The van der Waals surface area contributed by atoms with E-state index in [1.54, 1.807) is 32.2 Å². The summed E-state index contributed by atoms with van der Waals surface area (Å²) in [6, 6.07) is 13.9. The zero-order chi connectivity index (χ0) is 25.1. The lowest BCUT2D eigenvalue weighted by Gasteiger charge is -2.28. The van der Waals surface area contributed by atoms with E-state index in [0.29, 0.717) is 35.7 Å². The first-order chi connectivity index (χ1) is 17.5. The van der Waals surface area contributed by atoms with Crippen molar-refractivity contribution in [1.29, 1.82) is 0 Å². The molecule has 5 rings (SSSR count). The molecule has 8 nitrogen and oxygen atoms in total. The molecule has 1 aliphatic heterocycles. The molecule has 1 aliphatic carbocycles. The van der Waals surface area contributed by atoms with E-state index in [0.717, 1.165) is 13.0 Å². The van der Waals surface area contributed by atoms with Gasteiger partial charge < -0.3 is 24.6 Å². The Balaban J connectivity index is 0.00000320. The molecule has 0 radical (unpaired) electrons. The third-order valence-corrected chi connectivity index (χ3v) is 6.74. The lowest BCUT2D eigenvalue weighted by atomic mass is 9.77. The van der Waals surface area contributed by atoms with E-state index in [-0.39, 0.29) is 30.1 Å². The summed E-state index contributed by atoms with van der Waals surface area (Å²) in [7, 11) is 1.60. The maximum absolute atomic E-state index is 13.8. The summed E-state index contributed by atoms with van der Waals surface area (Å²) in [5.41, 5.74) is 1.74. The number of amides is 1. The zero-order valence-electron chi connectivity index (χ0n) is 21.1. The van der Waals surface area contributed by atoms with Crippen LogP contribution in [0.25, 0.3) is 0 Å². The maximum Gasteiger partial charge on any atom is 0.246 e. The van der Waals surface area contributed by atoms with Crippen molar-refractivity contribution in [2.75, 3.05) is 25.6 Å². The predicted octanol–water partition coefficient (Wildman–Crippen LogP) is 4.64. The minimum absolute atomic E-state index is 0. The van der Waals surface area contributed by atoms with Gasteiger partial charge in [0.25, 0.3) is 0 Å². The summed E-state index contributed by atoms with van der Waals surface area (Å²) in [4.78, 5) is 18.2. The molecule has 1 amide bonds. The number of aromatic nitrogens is 2. The number of carbonyl (C=O) groups is 1. The highest BCUT2D eigenvalue weighted by Gasteiger charge is 2.42. The van der Waals surface area contributed by atoms with Crippen LogP contribution in [-0.4, -0.2) is 42.4 Å². The highest BCUT2D eigenvalue weighted by Crippen LogP contribution is 2.37. The van der Waals surface area contributed by atoms with Crippen molar-refractivity contribution in [3.63, 3.8) is 0 Å². The molecule has 0 spiro atoms. The minimum atomic E-state index is -1.21. The van der Waals surface area contributed by atoms with Crippen LogP contribution >= 0.6 is 12.4 Å². The second-order valence-corrected chi connectivity index (χ2v) is 9.18. The fraction of sp³-hybridized carbons (Fsp3) is 0.321. The van der Waals surface area contributed by atoms with Gasteiger partial charge in [-0.05, 0) is 43.1 Å². The van der Waals surface area contributed by atoms with Gasteiger partial charge in [0.05, 0.1) is 7.11 Å². The molecule has 1 fully saturated rings. The quantitative estimate of drug-likeness (QED) is 0.416. The number of hydrogen-bond acceptors (Lipinski definition) is 7. The van der Waals surface area contributed by atoms with Crippen molar-refractivity contribution in [1.82, 2.24) is 15.5 Å². The Morgan fingerprint density at radius 2 is 1.92 bits per heavy atom. The summed E-state index contributed by atoms with van der Waals surface area (Å²) >= 11 is 0. The predicted molar refractivity (Wildman–Crippen MR) is 144 cm³/mol. The normalized spacial score (nSPS) is 22.0. The molecule has 1 atom stereocenters. The monoisotopic (exact) mass is 522 g/mol. The molecule has 2 N–H and O–H groups in total. The van der Waals surface area contributed by atoms with Crippen molar-refractivity contribution < 1.29 is 18.8 Å². The SMILES string of the molecule is COc1ccc(NC(=O)C2(c3noc(C)n3)C=CC(c3ccccc3C)C=C2)cc1OCC1CCN1.Cl. The molecule has 1 unspecified atom stereocenters. The van der Waals surface area contributed by atoms with Crippen LogP contribution in [0, 0.1) is 13.8 Å². The topological polar surface area (TPSA) is 98.5 Å². The average molecular weight is 523 g/mol. The van der Waals surface area contributed by atoms with Gasteiger partial charge in [-0.3, -0.25) is 4.79 Å². The second kappa shape index (κ2) is 11.2. The maximum atomic E-state index is 13.8. The smallest absolute Gasteiger partial charge is 0.246 e. The number of hydrogen-bond donors (Lipinski definition) is 2. The van der Waals surface area contributed by atoms with E-state index in [2.05, 4.69) is 39.8 Å². The molecule has 194 valence electrons. The van der Waals surface area contributed by atoms with E-state index < -0.39 is 5.41 Å². The first-order valence-electron chi connectivity index (χ1n) is 12.1. The molecule has 0 saturated carbocycles. The molecule has 1 saturated heterocycles. The molecule has 2 aromatic carbocycles. The molecule has 2 aliphatic rings. The van der Waals surface area contributed by atoms with E-state index in [9.17, 15) is 4.79 Å². The van der Waals surface area contributed by atoms with E-state index >= 15 is 0 Å². The van der Waals surface area contributed by atoms with Gasteiger partial charge >= 0.3 is 0 Å². The van der Waals surface area contributed by atoms with Gasteiger partial charge in [-0.15, -0.1) is 12.4 Å². The third-order valence-electron chi connectivity index (χ3n) is 6.74. The van der Waals surface area contributed by atoms with Crippen molar-refractivity contribution in [3.05, 3.63) is 89.6 Å². The lowest BCUT2D eigenvalue weighted by molar-refractivity contribution is -0.118. The van der Waals surface area contributed by atoms with Crippen molar-refractivity contribution in [3.8, 4) is 11.5 Å². The number of ether oxygens (including phenoxy) is 2. The molecular weight excluding hydrogens is 492 g/mol. The Kier molecular flexibility index (Phi) is 8.00. The summed E-state index contributed by atoms with van der Waals surface area (Å²) in [6.07, 6.45) is 8.82. The Hall–Kier alpha value is -3.62. The zero-order valence-corrected chi connectivity index (χ0v) is 21.9. The highest BCUT2D eigenvalue weighted by atomic mass is 35.5. The summed E-state index contributed by atoms with van der Waals surface area (Å²) in [5.74, 6) is 1.60. The van der Waals surface area contributed by atoms with Crippen LogP contribution in [0.5, 0.6) is 11.5 Å².